The molecule has 0 aliphatic carbocycles. The molecule has 0 unspecified atom stereocenters. The van der Waals surface area contributed by atoms with Gasteiger partial charge in [-0.25, -0.2) is 89.7 Å². The Labute approximate surface area is 695 Å². The van der Waals surface area contributed by atoms with Gasteiger partial charge in [0, 0.05) is 133 Å². The number of nitrogen functional groups attached to an aromatic ring is 1. The second-order valence-electron chi connectivity index (χ2n) is 21.6. The summed E-state index contributed by atoms with van der Waals surface area (Å²) in [5, 5.41) is 42.9. The second kappa shape index (κ2) is 43.9. The number of nitrogens with two attached hydrogens (primary N) is 1. The summed E-state index contributed by atoms with van der Waals surface area (Å²) in [5.41, 5.74) is 8.52. The molecule has 0 saturated carbocycles. The number of rotatable bonds is 21. The van der Waals surface area contributed by atoms with Crippen LogP contribution >= 0.6 is 133 Å². The maximum absolute atomic E-state index is 12.6. The monoisotopic (exact) mass is 1960 g/mol. The quantitative estimate of drug-likeness (QED) is 0.0383. The van der Waals surface area contributed by atoms with Crippen LogP contribution in [0.4, 0.5) is 11.4 Å². The van der Waals surface area contributed by atoms with Crippen molar-refractivity contribution in [3.05, 3.63) is 153 Å². The number of nitrogens with zero attached hydrogens (tertiary/aromatic N) is 7. The third-order valence-electron chi connectivity index (χ3n) is 13.0. The standard InChI is InChI=1S/C20H20N2O3S2.C7H10BrNO3S2.C7H11NO3S2.C6H8BrNO3S2.C6H10N2O3S2.C6H9NO3S2.C5H5ClO3S2.C5H6OS/c1-22(2)27(23,24)20-19(25-3)17(14-26-20)21-18(15-10-6-4-7-11-15)16-12-8-5-9-13-16;1-9(2)14(10,11)7-6(12-3)5(8)4-13-7;1-8(2)13(9,10)7-6(11-3)4-5-12-7;2*1-8(2)13(10,11)6-5(9)4(7)3-12-6;1-7(2)12(9,10)6-5(8)3-4-11-6;1-9-4-2-3-10-5(4)11(6,7)8;1-6-5-2-3-7-4-5/h4-14H,1-3H3;4H,1-3H3;4-5H,1-3H3;3,9H,1-2H3;3,9H,7H2,1-2H3;3-4,8H,1-2H3;2-3H,1H3;2-4H,1H3. The number of anilines is 1. The lowest BCUT2D eigenvalue weighted by Gasteiger charge is -2.11. The first kappa shape index (κ1) is 98.8. The summed E-state index contributed by atoms with van der Waals surface area (Å²) in [6, 6.07) is 26.1. The van der Waals surface area contributed by atoms with Gasteiger partial charge in [-0.2, -0.15) is 0 Å². The zero-order valence-corrected chi connectivity index (χ0v) is 77.5. The molecule has 0 bridgehead atoms. The van der Waals surface area contributed by atoms with E-state index in [4.69, 9.17) is 50.2 Å². The number of ether oxygens (including phenoxy) is 5. The number of methoxy groups -OCH3 is 5. The summed E-state index contributed by atoms with van der Waals surface area (Å²) in [7, 11) is 5.41. The predicted molar refractivity (Wildman–Crippen MR) is 449 cm³/mol. The van der Waals surface area contributed by atoms with E-state index in [1.165, 1.54) is 144 Å². The smallest absolute Gasteiger partial charge is 0.274 e. The molecule has 0 saturated heterocycles. The van der Waals surface area contributed by atoms with Crippen molar-refractivity contribution in [2.75, 3.05) is 126 Å². The van der Waals surface area contributed by atoms with Gasteiger partial charge in [0.1, 0.15) is 28.7 Å². The lowest BCUT2D eigenvalue weighted by molar-refractivity contribution is 0.402. The number of aromatic hydroxyl groups is 3. The van der Waals surface area contributed by atoms with Gasteiger partial charge in [-0.1, -0.05) is 60.7 Å². The Balaban J connectivity index is 0.000000336. The third kappa shape index (κ3) is 26.6. The van der Waals surface area contributed by atoms with Crippen molar-refractivity contribution in [3.63, 3.8) is 0 Å². The van der Waals surface area contributed by atoms with E-state index < -0.39 is 69.2 Å². The number of benzene rings is 2. The molecule has 8 aromatic heterocycles. The van der Waals surface area contributed by atoms with E-state index in [-0.39, 0.29) is 58.1 Å². The van der Waals surface area contributed by atoms with Gasteiger partial charge in [0.15, 0.2) is 52.5 Å². The Morgan fingerprint density at radius 1 is 0.391 bits per heavy atom. The minimum Gasteiger partial charge on any atom is -0.506 e. The fourth-order valence-corrected chi connectivity index (χ4v) is 25.9. The molecule has 110 heavy (non-hydrogen) atoms. The van der Waals surface area contributed by atoms with Gasteiger partial charge in [-0.05, 0) is 77.6 Å². The molecule has 610 valence electrons. The number of hydrogen-bond donors (Lipinski definition) is 4. The first-order chi connectivity index (χ1) is 51.0. The number of hydrogen-bond acceptors (Lipinski definition) is 32. The molecule has 0 atom stereocenters. The fraction of sp³-hybridized carbons (Fsp3) is 0.274. The van der Waals surface area contributed by atoms with Crippen LogP contribution in [0.15, 0.2) is 177 Å². The average molecular weight is 1960 g/mol. The molecule has 48 heteroatoms. The summed E-state index contributed by atoms with van der Waals surface area (Å²) < 4.78 is 195. The Bertz CT molecular complexity index is 5310. The molecular weight excluding hydrogens is 1880 g/mol. The van der Waals surface area contributed by atoms with E-state index in [1.54, 1.807) is 52.1 Å². The molecular formula is C62H79Br2ClN8O22S15. The zero-order valence-electron chi connectivity index (χ0n) is 61.3. The van der Waals surface area contributed by atoms with E-state index in [9.17, 15) is 69.1 Å². The van der Waals surface area contributed by atoms with E-state index in [0.717, 1.165) is 119 Å². The van der Waals surface area contributed by atoms with Gasteiger partial charge in [0.2, 0.25) is 0 Å². The highest BCUT2D eigenvalue weighted by atomic mass is 79.9. The van der Waals surface area contributed by atoms with E-state index in [2.05, 4.69) is 31.9 Å². The molecule has 0 spiro atoms. The first-order valence-electron chi connectivity index (χ1n) is 29.8. The number of sulfonamides is 6. The molecule has 10 rings (SSSR count). The van der Waals surface area contributed by atoms with Crippen molar-refractivity contribution in [1.29, 1.82) is 0 Å². The van der Waals surface area contributed by atoms with Crippen LogP contribution in [0.25, 0.3) is 0 Å². The van der Waals surface area contributed by atoms with Crippen molar-refractivity contribution in [2.24, 2.45) is 4.99 Å². The summed E-state index contributed by atoms with van der Waals surface area (Å²) >= 11 is 15.2. The van der Waals surface area contributed by atoms with E-state index >= 15 is 0 Å². The summed E-state index contributed by atoms with van der Waals surface area (Å²) in [6.45, 7) is 0. The summed E-state index contributed by atoms with van der Waals surface area (Å²) in [5.74, 6) is 1.50. The molecule has 0 amide bonds. The topological polar surface area (TPSA) is 404 Å². The van der Waals surface area contributed by atoms with Crippen molar-refractivity contribution in [3.8, 4) is 46.0 Å². The minimum absolute atomic E-state index is 0.00694. The van der Waals surface area contributed by atoms with Crippen LogP contribution in [-0.2, 0) is 69.2 Å². The van der Waals surface area contributed by atoms with Crippen LogP contribution in [0.5, 0.6) is 46.0 Å². The van der Waals surface area contributed by atoms with Gasteiger partial charge in [-0.15, -0.1) is 90.7 Å². The molecule has 30 nitrogen and oxygen atoms in total. The van der Waals surface area contributed by atoms with Gasteiger partial charge >= 0.3 is 0 Å². The average Bonchev–Trinajstić information content (AvgIpc) is 1.70. The third-order valence-corrected chi connectivity index (χ3v) is 38.2. The van der Waals surface area contributed by atoms with Crippen molar-refractivity contribution in [2.45, 2.75) is 29.5 Å². The normalized spacial score (nSPS) is 11.7. The van der Waals surface area contributed by atoms with Crippen LogP contribution in [0.1, 0.15) is 11.1 Å². The fourth-order valence-electron chi connectivity index (χ4n) is 7.15. The molecule has 0 aliphatic rings. The molecule has 8 heterocycles. The van der Waals surface area contributed by atoms with Crippen molar-refractivity contribution in [1.82, 2.24) is 25.8 Å². The molecule has 0 radical (unpaired) electrons. The Morgan fingerprint density at radius 3 is 1.10 bits per heavy atom. The van der Waals surface area contributed by atoms with Gasteiger partial charge in [-0.3, -0.25) is 0 Å². The van der Waals surface area contributed by atoms with Crippen LogP contribution in [0, 0.1) is 0 Å². The molecule has 2 aromatic carbocycles. The highest BCUT2D eigenvalue weighted by Gasteiger charge is 2.31. The SMILES string of the molecule is CN(C)S(=O)(=O)c1scc(Br)c1O.CN(C)S(=O)(=O)c1scc(N)c1O.CN(C)S(=O)(=O)c1sccc1O.COc1c(Br)csc1S(=O)(=O)N(C)C.COc1c(N=C(c2ccccc2)c2ccccc2)csc1S(=O)(=O)N(C)C.COc1ccsc1.COc1ccsc1S(=O)(=O)Cl.COc1ccsc1S(=O)(=O)N(C)C. The zero-order chi connectivity index (χ0) is 83.8. The van der Waals surface area contributed by atoms with Gasteiger partial charge in [0.05, 0.1) is 55.9 Å². The largest absolute Gasteiger partial charge is 0.506 e. The highest BCUT2D eigenvalue weighted by Crippen LogP contribution is 2.44. The Hall–Kier alpha value is -5.43. The molecule has 0 fully saturated rings. The number of halogens is 3. The highest BCUT2D eigenvalue weighted by molar-refractivity contribution is 9.11. The van der Waals surface area contributed by atoms with Gasteiger partial charge < -0.3 is 44.7 Å². The summed E-state index contributed by atoms with van der Waals surface area (Å²) in [4.78, 5) is 4.78. The number of thiophene rings is 8. The van der Waals surface area contributed by atoms with Crippen LogP contribution in [0.3, 0.4) is 0 Å². The Morgan fingerprint density at radius 2 is 0.755 bits per heavy atom. The second-order valence-corrected chi connectivity index (χ2v) is 47.2. The maximum atomic E-state index is 12.6. The van der Waals surface area contributed by atoms with Crippen LogP contribution < -0.4 is 29.4 Å². The van der Waals surface area contributed by atoms with E-state index in [0.29, 0.717) is 31.9 Å². The van der Waals surface area contributed by atoms with Crippen LogP contribution in [-0.4, -0.2) is 226 Å². The minimum atomic E-state index is -3.64. The molecule has 0 aliphatic heterocycles. The first-order valence-corrected chi connectivity index (χ1v) is 49.4. The van der Waals surface area contributed by atoms with Gasteiger partial charge in [0.25, 0.3) is 69.2 Å². The lowest BCUT2D eigenvalue weighted by atomic mass is 10.0. The number of aliphatic imine (C=N–C) groups is 1. The van der Waals surface area contributed by atoms with Crippen molar-refractivity contribution < 1.29 is 97.9 Å². The van der Waals surface area contributed by atoms with Crippen LogP contribution in [0.2, 0.25) is 0 Å². The van der Waals surface area contributed by atoms with E-state index in [1.807, 2.05) is 77.5 Å². The Kier molecular flexibility index (Phi) is 39.4. The maximum Gasteiger partial charge on any atom is 0.274 e. The predicted octanol–water partition coefficient (Wildman–Crippen LogP) is 12.9. The van der Waals surface area contributed by atoms with Crippen molar-refractivity contribution >= 4 is 220 Å². The lowest BCUT2D eigenvalue weighted by Crippen LogP contribution is -2.21. The summed E-state index contributed by atoms with van der Waals surface area (Å²) in [6.07, 6.45) is 0. The molecule has 10 aromatic rings. The molecule has 5 N–H and O–H groups in total.